The van der Waals surface area contributed by atoms with E-state index in [1.807, 2.05) is 54.6 Å². The number of hydrogen-bond acceptors (Lipinski definition) is 4. The lowest BCUT2D eigenvalue weighted by Gasteiger charge is -2.09. The van der Waals surface area contributed by atoms with E-state index in [2.05, 4.69) is 10.1 Å². The molecule has 0 spiro atoms. The van der Waals surface area contributed by atoms with Crippen LogP contribution in [0.5, 0.6) is 5.75 Å². The first-order valence-corrected chi connectivity index (χ1v) is 5.96. The van der Waals surface area contributed by atoms with E-state index in [0.717, 1.165) is 16.9 Å². The standard InChI is InChI=1S/C15H12N2O2/c1-2-6-12(7-3-1)10-18-14-9-5-4-8-13(14)15-16-11-19-17-15/h1-9,11H,10H2. The van der Waals surface area contributed by atoms with Crippen molar-refractivity contribution < 1.29 is 9.26 Å². The van der Waals surface area contributed by atoms with E-state index in [9.17, 15) is 0 Å². The smallest absolute Gasteiger partial charge is 0.214 e. The minimum absolute atomic E-state index is 0.510. The van der Waals surface area contributed by atoms with Crippen molar-refractivity contribution in [2.75, 3.05) is 0 Å². The van der Waals surface area contributed by atoms with Gasteiger partial charge in [0.05, 0.1) is 5.56 Å². The van der Waals surface area contributed by atoms with Crippen LogP contribution in [0.2, 0.25) is 0 Å². The average Bonchev–Trinajstić information content (AvgIpc) is 3.01. The van der Waals surface area contributed by atoms with Crippen molar-refractivity contribution in [1.82, 2.24) is 10.1 Å². The van der Waals surface area contributed by atoms with Gasteiger partial charge in [0.15, 0.2) is 0 Å². The second kappa shape index (κ2) is 5.35. The van der Waals surface area contributed by atoms with Crippen molar-refractivity contribution >= 4 is 0 Å². The monoisotopic (exact) mass is 252 g/mol. The summed E-state index contributed by atoms with van der Waals surface area (Å²) in [6, 6.07) is 17.7. The number of benzene rings is 2. The molecule has 4 nitrogen and oxygen atoms in total. The summed E-state index contributed by atoms with van der Waals surface area (Å²) in [5, 5.41) is 3.84. The minimum atomic E-state index is 0.510. The highest BCUT2D eigenvalue weighted by molar-refractivity contribution is 5.63. The highest BCUT2D eigenvalue weighted by atomic mass is 16.5. The fourth-order valence-electron chi connectivity index (χ4n) is 1.80. The summed E-state index contributed by atoms with van der Waals surface area (Å²) in [4.78, 5) is 4.04. The molecule has 0 bridgehead atoms. The largest absolute Gasteiger partial charge is 0.488 e. The molecule has 0 atom stereocenters. The number of nitrogens with zero attached hydrogens (tertiary/aromatic N) is 2. The molecular weight excluding hydrogens is 240 g/mol. The Balaban J connectivity index is 1.82. The molecule has 1 heterocycles. The molecule has 3 rings (SSSR count). The van der Waals surface area contributed by atoms with Crippen LogP contribution in [0, 0.1) is 0 Å². The van der Waals surface area contributed by atoms with Gasteiger partial charge >= 0.3 is 0 Å². The molecule has 94 valence electrons. The zero-order valence-corrected chi connectivity index (χ0v) is 10.2. The van der Waals surface area contributed by atoms with E-state index < -0.39 is 0 Å². The molecule has 0 aliphatic rings. The zero-order chi connectivity index (χ0) is 12.9. The van der Waals surface area contributed by atoms with Crippen molar-refractivity contribution in [2.45, 2.75) is 6.61 Å². The Hall–Kier alpha value is -2.62. The molecule has 3 aromatic rings. The molecule has 0 unspecified atom stereocenters. The number of rotatable bonds is 4. The van der Waals surface area contributed by atoms with Gasteiger partial charge in [-0.25, -0.2) is 0 Å². The van der Waals surface area contributed by atoms with Gasteiger partial charge in [0, 0.05) is 0 Å². The number of para-hydroxylation sites is 1. The molecule has 19 heavy (non-hydrogen) atoms. The van der Waals surface area contributed by atoms with Gasteiger partial charge in [0.1, 0.15) is 12.4 Å². The Morgan fingerprint density at radius 2 is 1.74 bits per heavy atom. The number of ether oxygens (including phenoxy) is 1. The average molecular weight is 252 g/mol. The summed E-state index contributed by atoms with van der Waals surface area (Å²) in [7, 11) is 0. The molecule has 0 aliphatic carbocycles. The quantitative estimate of drug-likeness (QED) is 0.714. The zero-order valence-electron chi connectivity index (χ0n) is 10.2. The van der Waals surface area contributed by atoms with Gasteiger partial charge < -0.3 is 9.26 Å². The van der Waals surface area contributed by atoms with Crippen LogP contribution in [0.3, 0.4) is 0 Å². The van der Waals surface area contributed by atoms with Gasteiger partial charge in [-0.05, 0) is 17.7 Å². The second-order valence-corrected chi connectivity index (χ2v) is 4.03. The van der Waals surface area contributed by atoms with E-state index in [1.54, 1.807) is 0 Å². The summed E-state index contributed by atoms with van der Waals surface area (Å²) in [6.07, 6.45) is 1.31. The van der Waals surface area contributed by atoms with Crippen LogP contribution in [0.1, 0.15) is 5.56 Å². The highest BCUT2D eigenvalue weighted by Crippen LogP contribution is 2.27. The van der Waals surface area contributed by atoms with Crippen molar-refractivity contribution in [3.8, 4) is 17.1 Å². The SMILES string of the molecule is c1ccc(COc2ccccc2-c2ncon2)cc1. The molecule has 2 aromatic carbocycles. The molecule has 0 N–H and O–H groups in total. The normalized spacial score (nSPS) is 10.3. The molecule has 0 saturated heterocycles. The van der Waals surface area contributed by atoms with Crippen LogP contribution in [0.25, 0.3) is 11.4 Å². The first-order valence-electron chi connectivity index (χ1n) is 5.96. The highest BCUT2D eigenvalue weighted by Gasteiger charge is 2.09. The van der Waals surface area contributed by atoms with Gasteiger partial charge in [-0.2, -0.15) is 4.98 Å². The molecule has 0 fully saturated rings. The first-order chi connectivity index (χ1) is 9.43. The fraction of sp³-hybridized carbons (Fsp3) is 0.0667. The van der Waals surface area contributed by atoms with Gasteiger partial charge in [-0.1, -0.05) is 47.6 Å². The van der Waals surface area contributed by atoms with E-state index in [0.29, 0.717) is 12.4 Å². The van der Waals surface area contributed by atoms with Gasteiger partial charge in [0.25, 0.3) is 0 Å². The molecular formula is C15H12N2O2. The number of aromatic nitrogens is 2. The molecule has 0 radical (unpaired) electrons. The van der Waals surface area contributed by atoms with Crippen LogP contribution >= 0.6 is 0 Å². The number of hydrogen-bond donors (Lipinski definition) is 0. The lowest BCUT2D eigenvalue weighted by molar-refractivity contribution is 0.307. The van der Waals surface area contributed by atoms with Crippen molar-refractivity contribution in [3.05, 3.63) is 66.6 Å². The van der Waals surface area contributed by atoms with Gasteiger partial charge in [0.2, 0.25) is 12.2 Å². The molecule has 0 aliphatic heterocycles. The Bertz CT molecular complexity index is 636. The predicted octanol–water partition coefficient (Wildman–Crippen LogP) is 3.32. The maximum atomic E-state index is 5.83. The van der Waals surface area contributed by atoms with E-state index >= 15 is 0 Å². The third-order valence-electron chi connectivity index (χ3n) is 2.73. The summed E-state index contributed by atoms with van der Waals surface area (Å²) in [6.45, 7) is 0.510. The van der Waals surface area contributed by atoms with Gasteiger partial charge in [-0.15, -0.1) is 0 Å². The lowest BCUT2D eigenvalue weighted by atomic mass is 10.2. The summed E-state index contributed by atoms with van der Waals surface area (Å²) in [5.41, 5.74) is 1.94. The van der Waals surface area contributed by atoms with Gasteiger partial charge in [-0.3, -0.25) is 0 Å². The topological polar surface area (TPSA) is 48.2 Å². The molecule has 1 aromatic heterocycles. The van der Waals surface area contributed by atoms with E-state index in [1.165, 1.54) is 6.39 Å². The minimum Gasteiger partial charge on any atom is -0.488 e. The van der Waals surface area contributed by atoms with Crippen LogP contribution in [-0.2, 0) is 6.61 Å². The first kappa shape index (κ1) is 11.5. The lowest BCUT2D eigenvalue weighted by Crippen LogP contribution is -1.97. The molecule has 4 heteroatoms. The Morgan fingerprint density at radius 3 is 2.53 bits per heavy atom. The maximum Gasteiger partial charge on any atom is 0.214 e. The van der Waals surface area contributed by atoms with Crippen LogP contribution in [0.4, 0.5) is 0 Å². The van der Waals surface area contributed by atoms with Crippen LogP contribution in [0.15, 0.2) is 65.5 Å². The van der Waals surface area contributed by atoms with Crippen LogP contribution < -0.4 is 4.74 Å². The third-order valence-corrected chi connectivity index (χ3v) is 2.73. The summed E-state index contributed by atoms with van der Waals surface area (Å²) in [5.74, 6) is 1.27. The van der Waals surface area contributed by atoms with E-state index in [4.69, 9.17) is 9.26 Å². The molecule has 0 amide bonds. The Kier molecular flexibility index (Phi) is 3.23. The van der Waals surface area contributed by atoms with Crippen LogP contribution in [-0.4, -0.2) is 10.1 Å². The maximum absolute atomic E-state index is 5.83. The van der Waals surface area contributed by atoms with Crippen molar-refractivity contribution in [3.63, 3.8) is 0 Å². The Morgan fingerprint density at radius 1 is 0.947 bits per heavy atom. The van der Waals surface area contributed by atoms with E-state index in [-0.39, 0.29) is 0 Å². The predicted molar refractivity (Wildman–Crippen MR) is 70.5 cm³/mol. The fourth-order valence-corrected chi connectivity index (χ4v) is 1.80. The third kappa shape index (κ3) is 2.63. The van der Waals surface area contributed by atoms with Crippen molar-refractivity contribution in [1.29, 1.82) is 0 Å². The Labute approximate surface area is 110 Å². The summed E-state index contributed by atoms with van der Waals surface area (Å²) < 4.78 is 10.6. The van der Waals surface area contributed by atoms with Crippen molar-refractivity contribution in [2.24, 2.45) is 0 Å². The second-order valence-electron chi connectivity index (χ2n) is 4.03. The summed E-state index contributed by atoms with van der Waals surface area (Å²) >= 11 is 0. The molecule has 0 saturated carbocycles.